The maximum absolute atomic E-state index is 13.5. The number of methoxy groups -OCH3 is 1. The van der Waals surface area contributed by atoms with Gasteiger partial charge in [0.25, 0.3) is 5.91 Å². The molecular formula is C23H23FN6O3. The summed E-state index contributed by atoms with van der Waals surface area (Å²) in [5.41, 5.74) is 9.03. The Morgan fingerprint density at radius 1 is 1.27 bits per heavy atom. The Labute approximate surface area is 189 Å². The van der Waals surface area contributed by atoms with Gasteiger partial charge in [-0.2, -0.15) is 0 Å². The molecule has 170 valence electrons. The normalized spacial score (nSPS) is 12.0. The van der Waals surface area contributed by atoms with Crippen LogP contribution in [0.15, 0.2) is 49.1 Å². The van der Waals surface area contributed by atoms with Crippen LogP contribution < -0.4 is 15.8 Å². The van der Waals surface area contributed by atoms with Gasteiger partial charge in [-0.25, -0.2) is 14.4 Å². The first-order valence-electron chi connectivity index (χ1n) is 10.2. The number of carbonyl (C=O) groups is 1. The van der Waals surface area contributed by atoms with Gasteiger partial charge in [-0.1, -0.05) is 6.07 Å². The second-order valence-electron chi connectivity index (χ2n) is 7.50. The molecule has 33 heavy (non-hydrogen) atoms. The van der Waals surface area contributed by atoms with Crippen molar-refractivity contribution >= 4 is 22.8 Å². The van der Waals surface area contributed by atoms with Crippen LogP contribution in [0.5, 0.6) is 5.75 Å². The van der Waals surface area contributed by atoms with E-state index in [9.17, 15) is 14.3 Å². The first kappa shape index (κ1) is 22.2. The molecule has 1 unspecified atom stereocenters. The minimum atomic E-state index is -0.527. The van der Waals surface area contributed by atoms with Crippen molar-refractivity contribution in [1.82, 2.24) is 24.8 Å². The van der Waals surface area contributed by atoms with Gasteiger partial charge in [0.2, 0.25) is 0 Å². The lowest BCUT2D eigenvalue weighted by molar-refractivity contribution is 0.0947. The van der Waals surface area contributed by atoms with Gasteiger partial charge in [-0.05, 0) is 31.2 Å². The number of aromatic nitrogens is 4. The quantitative estimate of drug-likeness (QED) is 0.395. The van der Waals surface area contributed by atoms with Crippen LogP contribution in [-0.4, -0.2) is 44.2 Å². The Morgan fingerprint density at radius 2 is 2.09 bits per heavy atom. The third-order valence-electron chi connectivity index (χ3n) is 5.35. The van der Waals surface area contributed by atoms with E-state index in [2.05, 4.69) is 20.3 Å². The Balaban J connectivity index is 1.57. The Morgan fingerprint density at radius 3 is 2.79 bits per heavy atom. The molecule has 0 aliphatic rings. The van der Waals surface area contributed by atoms with Crippen LogP contribution in [0.2, 0.25) is 0 Å². The summed E-state index contributed by atoms with van der Waals surface area (Å²) in [5.74, 6) is -0.380. The van der Waals surface area contributed by atoms with Gasteiger partial charge in [-0.15, -0.1) is 0 Å². The zero-order valence-corrected chi connectivity index (χ0v) is 18.1. The smallest absolute Gasteiger partial charge is 0.255 e. The number of fused-ring (bicyclic) bond motifs is 1. The highest BCUT2D eigenvalue weighted by molar-refractivity contribution is 6.00. The second-order valence-corrected chi connectivity index (χ2v) is 7.50. The van der Waals surface area contributed by atoms with E-state index in [0.29, 0.717) is 22.5 Å². The number of pyridine rings is 1. The van der Waals surface area contributed by atoms with Crippen LogP contribution in [0.3, 0.4) is 0 Å². The predicted molar refractivity (Wildman–Crippen MR) is 121 cm³/mol. The summed E-state index contributed by atoms with van der Waals surface area (Å²) in [7, 11) is 1.42. The Hall–Kier alpha value is -4.05. The molecule has 4 rings (SSSR count). The summed E-state index contributed by atoms with van der Waals surface area (Å²) in [6, 6.07) is 7.19. The molecule has 3 heterocycles. The van der Waals surface area contributed by atoms with E-state index in [1.807, 2.05) is 23.8 Å². The molecule has 0 aliphatic carbocycles. The zero-order chi connectivity index (χ0) is 23.5. The minimum absolute atomic E-state index is 0.0554. The topological polar surface area (TPSA) is 128 Å². The monoisotopic (exact) mass is 450 g/mol. The molecule has 0 aliphatic heterocycles. The molecule has 0 radical (unpaired) electrons. The Kier molecular flexibility index (Phi) is 6.18. The lowest BCUT2D eigenvalue weighted by atomic mass is 10.1. The van der Waals surface area contributed by atoms with E-state index in [4.69, 9.17) is 10.5 Å². The molecule has 4 aromatic rings. The van der Waals surface area contributed by atoms with Crippen molar-refractivity contribution in [3.8, 4) is 16.9 Å². The lowest BCUT2D eigenvalue weighted by Crippen LogP contribution is -2.24. The molecule has 0 saturated carbocycles. The summed E-state index contributed by atoms with van der Waals surface area (Å²) < 4.78 is 20.5. The number of aliphatic hydroxyl groups is 1. The van der Waals surface area contributed by atoms with Gasteiger partial charge in [0.1, 0.15) is 29.4 Å². The molecule has 4 N–H and O–H groups in total. The fourth-order valence-corrected chi connectivity index (χ4v) is 3.56. The first-order valence-corrected chi connectivity index (χ1v) is 10.2. The number of carbonyl (C=O) groups excluding carboxylic acids is 1. The maximum Gasteiger partial charge on any atom is 0.255 e. The first-order chi connectivity index (χ1) is 15.9. The number of hydrogen-bond donors (Lipinski definition) is 3. The third-order valence-corrected chi connectivity index (χ3v) is 5.35. The second kappa shape index (κ2) is 9.21. The van der Waals surface area contributed by atoms with Gasteiger partial charge in [0, 0.05) is 23.5 Å². The predicted octanol–water partition coefficient (Wildman–Crippen LogP) is 2.71. The number of nitrogens with zero attached hydrogens (tertiary/aromatic N) is 4. The highest BCUT2D eigenvalue weighted by Crippen LogP contribution is 2.33. The summed E-state index contributed by atoms with van der Waals surface area (Å²) in [6.45, 7) is 1.96. The highest BCUT2D eigenvalue weighted by Gasteiger charge is 2.18. The fourth-order valence-electron chi connectivity index (χ4n) is 3.56. The van der Waals surface area contributed by atoms with Crippen LogP contribution in [0, 0.1) is 5.82 Å². The average molecular weight is 450 g/mol. The number of ether oxygens (including phenoxy) is 1. The average Bonchev–Trinajstić information content (AvgIpc) is 3.23. The highest BCUT2D eigenvalue weighted by atomic mass is 19.1. The molecule has 10 heteroatoms. The van der Waals surface area contributed by atoms with Crippen molar-refractivity contribution in [2.45, 2.75) is 19.5 Å². The zero-order valence-electron chi connectivity index (χ0n) is 18.1. The molecule has 1 atom stereocenters. The number of aliphatic hydroxyl groups excluding tert-OH is 1. The number of nitrogen functional groups attached to an aromatic ring is 1. The van der Waals surface area contributed by atoms with Gasteiger partial charge in [0.05, 0.1) is 42.9 Å². The molecule has 1 aromatic carbocycles. The molecule has 3 aromatic heterocycles. The molecule has 0 fully saturated rings. The van der Waals surface area contributed by atoms with Crippen LogP contribution in [0.25, 0.3) is 22.2 Å². The number of amides is 1. The van der Waals surface area contributed by atoms with Crippen molar-refractivity contribution in [2.24, 2.45) is 0 Å². The van der Waals surface area contributed by atoms with Crippen molar-refractivity contribution in [3.63, 3.8) is 0 Å². The van der Waals surface area contributed by atoms with Crippen LogP contribution in [0.4, 0.5) is 10.2 Å². The largest absolute Gasteiger partial charge is 0.496 e. The summed E-state index contributed by atoms with van der Waals surface area (Å²) >= 11 is 0. The molecule has 0 spiro atoms. The number of hydrogen-bond acceptors (Lipinski definition) is 7. The molecular weight excluding hydrogens is 427 g/mol. The lowest BCUT2D eigenvalue weighted by Gasteiger charge is -2.10. The number of rotatable bonds is 7. The van der Waals surface area contributed by atoms with Gasteiger partial charge in [-0.3, -0.25) is 9.78 Å². The van der Waals surface area contributed by atoms with Gasteiger partial charge in [0.15, 0.2) is 0 Å². The van der Waals surface area contributed by atoms with E-state index in [1.165, 1.54) is 25.6 Å². The van der Waals surface area contributed by atoms with E-state index in [-0.39, 0.29) is 30.5 Å². The van der Waals surface area contributed by atoms with Crippen LogP contribution in [-0.2, 0) is 6.54 Å². The number of nitrogens with one attached hydrogen (secondary N) is 1. The fraction of sp³-hybridized carbons (Fsp3) is 0.217. The van der Waals surface area contributed by atoms with Crippen molar-refractivity contribution in [3.05, 3.63) is 66.1 Å². The minimum Gasteiger partial charge on any atom is -0.496 e. The molecule has 0 saturated heterocycles. The summed E-state index contributed by atoms with van der Waals surface area (Å²) in [5, 5.41) is 13.0. The van der Waals surface area contributed by atoms with Crippen molar-refractivity contribution in [1.29, 1.82) is 0 Å². The summed E-state index contributed by atoms with van der Waals surface area (Å²) in [6.07, 6.45) is 4.92. The van der Waals surface area contributed by atoms with Gasteiger partial charge < -0.3 is 25.5 Å². The van der Waals surface area contributed by atoms with Crippen molar-refractivity contribution < 1.29 is 19.0 Å². The molecule has 0 bridgehead atoms. The molecule has 1 amide bonds. The summed E-state index contributed by atoms with van der Waals surface area (Å²) in [4.78, 5) is 25.3. The molecule has 9 nitrogen and oxygen atoms in total. The number of nitrogens with two attached hydrogens (primary N) is 1. The standard InChI is InChI=1S/C23H23FN6O3/c1-13(11-31)30-10-18(20-21(25)28-12-29-22(20)30)14-3-5-16(26-8-14)9-27-23(32)17-7-15(24)4-6-19(17)33-2/h3-8,10,12-13,31H,9,11H2,1-2H3,(H,27,32)(H2,25,28,29). The maximum atomic E-state index is 13.5. The van der Waals surface area contributed by atoms with Gasteiger partial charge >= 0.3 is 0 Å². The van der Waals surface area contributed by atoms with E-state index in [0.717, 1.165) is 17.2 Å². The van der Waals surface area contributed by atoms with Crippen LogP contribution >= 0.6 is 0 Å². The van der Waals surface area contributed by atoms with E-state index in [1.54, 1.807) is 12.3 Å². The van der Waals surface area contributed by atoms with Crippen molar-refractivity contribution in [2.75, 3.05) is 19.5 Å². The number of anilines is 1. The van der Waals surface area contributed by atoms with Crippen LogP contribution in [0.1, 0.15) is 29.0 Å². The van der Waals surface area contributed by atoms with E-state index < -0.39 is 11.7 Å². The number of halogens is 1. The Bertz CT molecular complexity index is 1310. The van der Waals surface area contributed by atoms with E-state index >= 15 is 0 Å². The number of benzene rings is 1. The third kappa shape index (κ3) is 4.33. The SMILES string of the molecule is COc1ccc(F)cc1C(=O)NCc1ccc(-c2cn(C(C)CO)c3ncnc(N)c23)cn1.